The number of H-pyrrole nitrogens is 2. The van der Waals surface area contributed by atoms with E-state index in [1.807, 2.05) is 0 Å². The minimum absolute atomic E-state index is 0.170. The van der Waals surface area contributed by atoms with Crippen LogP contribution in [-0.4, -0.2) is 24.5 Å². The van der Waals surface area contributed by atoms with Gasteiger partial charge in [-0.15, -0.1) is 0 Å². The quantitative estimate of drug-likeness (QED) is 0.651. The predicted molar refractivity (Wildman–Crippen MR) is 65.1 cm³/mol. The molecule has 0 aliphatic carbocycles. The van der Waals surface area contributed by atoms with Crippen molar-refractivity contribution in [3.05, 3.63) is 45.0 Å². The summed E-state index contributed by atoms with van der Waals surface area (Å²) in [6.45, 7) is 0. The lowest BCUT2D eigenvalue weighted by atomic mass is 10.3. The van der Waals surface area contributed by atoms with Crippen molar-refractivity contribution < 1.29 is 4.39 Å². The molecule has 3 aromatic heterocycles. The van der Waals surface area contributed by atoms with Crippen LogP contribution < -0.4 is 11.2 Å². The Bertz CT molecular complexity index is 875. The Morgan fingerprint density at radius 3 is 2.74 bits per heavy atom. The van der Waals surface area contributed by atoms with Gasteiger partial charge in [0.25, 0.3) is 5.56 Å². The largest absolute Gasteiger partial charge is 0.331 e. The first-order valence-electron chi connectivity index (χ1n) is 5.37. The lowest BCUT2D eigenvalue weighted by Gasteiger charge is -1.95. The molecule has 0 unspecified atom stereocenters. The highest BCUT2D eigenvalue weighted by molar-refractivity contribution is 5.74. The smallest absolute Gasteiger partial charge is 0.329 e. The van der Waals surface area contributed by atoms with Crippen LogP contribution in [0.3, 0.4) is 0 Å². The Kier molecular flexibility index (Phi) is 2.31. The summed E-state index contributed by atoms with van der Waals surface area (Å²) in [7, 11) is 1.49. The predicted octanol–water partition coefficient (Wildman–Crippen LogP) is 0.151. The van der Waals surface area contributed by atoms with Crippen molar-refractivity contribution in [3.8, 4) is 11.5 Å². The van der Waals surface area contributed by atoms with Gasteiger partial charge in [0.05, 0.1) is 6.20 Å². The highest BCUT2D eigenvalue weighted by Gasteiger charge is 2.12. The van der Waals surface area contributed by atoms with Crippen LogP contribution in [0.4, 0.5) is 4.39 Å². The number of aromatic nitrogens is 5. The lowest BCUT2D eigenvalue weighted by Crippen LogP contribution is -2.28. The Morgan fingerprint density at radius 1 is 1.26 bits per heavy atom. The first kappa shape index (κ1) is 11.3. The van der Waals surface area contributed by atoms with Crippen LogP contribution in [0.1, 0.15) is 0 Å². The molecule has 0 saturated carbocycles. The molecular formula is C11H8FN5O2. The fraction of sp³-hybridized carbons (Fsp3) is 0.0909. The molecule has 0 aliphatic heterocycles. The standard InChI is InChI=1S/C11H8FN5O2/c1-17-9-7(10(18)16-11(17)19)14-8(15-9)6-3-2-5(12)4-13-6/h2-4H,1H3,(H,14,15)(H,16,18,19). The molecule has 0 atom stereocenters. The third-order valence-electron chi connectivity index (χ3n) is 2.72. The number of halogens is 1. The van der Waals surface area contributed by atoms with Gasteiger partial charge in [-0.1, -0.05) is 0 Å². The second-order valence-electron chi connectivity index (χ2n) is 3.96. The molecule has 0 fully saturated rings. The summed E-state index contributed by atoms with van der Waals surface area (Å²) in [5, 5.41) is 0. The number of aryl methyl sites for hydroxylation is 1. The second kappa shape index (κ2) is 3.87. The Morgan fingerprint density at radius 2 is 2.05 bits per heavy atom. The number of hydrogen-bond acceptors (Lipinski definition) is 4. The number of pyridine rings is 1. The van der Waals surface area contributed by atoms with E-state index in [1.54, 1.807) is 0 Å². The molecule has 0 aromatic carbocycles. The van der Waals surface area contributed by atoms with Gasteiger partial charge >= 0.3 is 5.69 Å². The van der Waals surface area contributed by atoms with E-state index in [-0.39, 0.29) is 11.2 Å². The van der Waals surface area contributed by atoms with Gasteiger partial charge in [0.15, 0.2) is 11.5 Å². The zero-order valence-electron chi connectivity index (χ0n) is 9.77. The molecule has 3 heterocycles. The fourth-order valence-electron chi connectivity index (χ4n) is 1.74. The highest BCUT2D eigenvalue weighted by Crippen LogP contribution is 2.15. The van der Waals surface area contributed by atoms with Crippen LogP contribution in [0.5, 0.6) is 0 Å². The van der Waals surface area contributed by atoms with Gasteiger partial charge in [0.2, 0.25) is 0 Å². The Labute approximate surface area is 104 Å². The van der Waals surface area contributed by atoms with Crippen LogP contribution in [0.15, 0.2) is 27.9 Å². The zero-order chi connectivity index (χ0) is 13.6. The SMILES string of the molecule is Cn1c(=O)[nH]c(=O)c2[nH]c(-c3ccc(F)cn3)nc21. The van der Waals surface area contributed by atoms with Crippen LogP contribution in [0.2, 0.25) is 0 Å². The van der Waals surface area contributed by atoms with E-state index in [0.29, 0.717) is 11.5 Å². The number of aromatic amines is 2. The van der Waals surface area contributed by atoms with Gasteiger partial charge in [0, 0.05) is 7.05 Å². The molecule has 0 saturated heterocycles. The molecule has 19 heavy (non-hydrogen) atoms. The van der Waals surface area contributed by atoms with Crippen molar-refractivity contribution in [2.45, 2.75) is 0 Å². The van der Waals surface area contributed by atoms with E-state index in [2.05, 4.69) is 19.9 Å². The average Bonchev–Trinajstić information content (AvgIpc) is 2.83. The molecule has 8 heteroatoms. The van der Waals surface area contributed by atoms with Crippen LogP contribution in [0, 0.1) is 5.82 Å². The Balaban J connectivity index is 2.30. The third-order valence-corrected chi connectivity index (χ3v) is 2.72. The number of imidazole rings is 1. The van der Waals surface area contributed by atoms with Gasteiger partial charge < -0.3 is 4.98 Å². The van der Waals surface area contributed by atoms with Crippen molar-refractivity contribution >= 4 is 11.2 Å². The molecule has 0 radical (unpaired) electrons. The summed E-state index contributed by atoms with van der Waals surface area (Å²) in [6, 6.07) is 2.66. The van der Waals surface area contributed by atoms with Gasteiger partial charge in [-0.25, -0.2) is 19.2 Å². The first-order chi connectivity index (χ1) is 9.06. The highest BCUT2D eigenvalue weighted by atomic mass is 19.1. The topological polar surface area (TPSA) is 96.4 Å². The lowest BCUT2D eigenvalue weighted by molar-refractivity contribution is 0.621. The zero-order valence-corrected chi connectivity index (χ0v) is 9.77. The maximum absolute atomic E-state index is 12.8. The van der Waals surface area contributed by atoms with E-state index in [1.165, 1.54) is 23.7 Å². The van der Waals surface area contributed by atoms with Crippen LogP contribution in [0.25, 0.3) is 22.7 Å². The van der Waals surface area contributed by atoms with Crippen molar-refractivity contribution in [2.24, 2.45) is 7.05 Å². The molecular weight excluding hydrogens is 253 g/mol. The van der Waals surface area contributed by atoms with Crippen LogP contribution >= 0.6 is 0 Å². The van der Waals surface area contributed by atoms with Crippen molar-refractivity contribution in [2.75, 3.05) is 0 Å². The van der Waals surface area contributed by atoms with Crippen molar-refractivity contribution in [3.63, 3.8) is 0 Å². The number of nitrogens with zero attached hydrogens (tertiary/aromatic N) is 3. The molecule has 0 spiro atoms. The van der Waals surface area contributed by atoms with Crippen molar-refractivity contribution in [1.82, 2.24) is 24.5 Å². The molecule has 0 amide bonds. The summed E-state index contributed by atoms with van der Waals surface area (Å²) in [4.78, 5) is 36.0. The maximum atomic E-state index is 12.8. The molecule has 3 aromatic rings. The van der Waals surface area contributed by atoms with E-state index < -0.39 is 17.1 Å². The van der Waals surface area contributed by atoms with Crippen LogP contribution in [-0.2, 0) is 7.05 Å². The molecule has 3 rings (SSSR count). The average molecular weight is 261 g/mol. The summed E-state index contributed by atoms with van der Waals surface area (Å²) in [6.07, 6.45) is 1.05. The minimum Gasteiger partial charge on any atom is -0.331 e. The normalized spacial score (nSPS) is 11.1. The van der Waals surface area contributed by atoms with Gasteiger partial charge in [-0.3, -0.25) is 14.3 Å². The fourth-order valence-corrected chi connectivity index (χ4v) is 1.74. The molecule has 0 aliphatic rings. The minimum atomic E-state index is -0.557. The van der Waals surface area contributed by atoms with Gasteiger partial charge in [0.1, 0.15) is 17.0 Å². The van der Waals surface area contributed by atoms with E-state index in [9.17, 15) is 14.0 Å². The second-order valence-corrected chi connectivity index (χ2v) is 3.96. The number of nitrogens with one attached hydrogen (secondary N) is 2. The summed E-state index contributed by atoms with van der Waals surface area (Å²) in [5.41, 5.74) is -0.343. The summed E-state index contributed by atoms with van der Waals surface area (Å²) < 4.78 is 14.0. The summed E-state index contributed by atoms with van der Waals surface area (Å²) >= 11 is 0. The molecule has 7 nitrogen and oxygen atoms in total. The van der Waals surface area contributed by atoms with Crippen molar-refractivity contribution in [1.29, 1.82) is 0 Å². The number of rotatable bonds is 1. The monoisotopic (exact) mass is 261 g/mol. The summed E-state index contributed by atoms with van der Waals surface area (Å²) in [5.74, 6) is -0.174. The van der Waals surface area contributed by atoms with E-state index in [0.717, 1.165) is 6.20 Å². The maximum Gasteiger partial charge on any atom is 0.329 e. The molecule has 2 N–H and O–H groups in total. The Hall–Kier alpha value is -2.77. The molecule has 96 valence electrons. The number of hydrogen-bond donors (Lipinski definition) is 2. The van der Waals surface area contributed by atoms with Gasteiger partial charge in [-0.05, 0) is 12.1 Å². The third kappa shape index (κ3) is 1.73. The number of fused-ring (bicyclic) bond motifs is 1. The van der Waals surface area contributed by atoms with Gasteiger partial charge in [-0.2, -0.15) is 0 Å². The van der Waals surface area contributed by atoms with E-state index in [4.69, 9.17) is 0 Å². The first-order valence-corrected chi connectivity index (χ1v) is 5.37. The molecule has 0 bridgehead atoms. The van der Waals surface area contributed by atoms with E-state index >= 15 is 0 Å².